The van der Waals surface area contributed by atoms with Crippen LogP contribution in [0, 0.1) is 39.4 Å². The van der Waals surface area contributed by atoms with Crippen LogP contribution >= 0.6 is 0 Å². The third-order valence-corrected chi connectivity index (χ3v) is 12.3. The van der Waals surface area contributed by atoms with Crippen molar-refractivity contribution < 1.29 is 30.6 Å². The highest BCUT2D eigenvalue weighted by Crippen LogP contribution is 2.72. The van der Waals surface area contributed by atoms with E-state index in [0.29, 0.717) is 25.7 Å². The van der Waals surface area contributed by atoms with Gasteiger partial charge in [0.25, 0.3) is 0 Å². The molecule has 0 aliphatic heterocycles. The van der Waals surface area contributed by atoms with Crippen LogP contribution in [0.15, 0.2) is 11.1 Å². The van der Waals surface area contributed by atoms with Gasteiger partial charge in [0.05, 0.1) is 30.0 Å². The predicted molar refractivity (Wildman–Crippen MR) is 140 cm³/mol. The quantitative estimate of drug-likeness (QED) is 0.305. The molecule has 0 unspecified atom stereocenters. The smallest absolute Gasteiger partial charge is 0.0853 e. The Morgan fingerprint density at radius 1 is 0.972 bits per heavy atom. The van der Waals surface area contributed by atoms with E-state index < -0.39 is 40.8 Å². The summed E-state index contributed by atoms with van der Waals surface area (Å²) < 4.78 is 0. The SMILES string of the molecule is CC(C)(O)[C@H](O)CC[C@@H](CO)[C@@H]1CC[C@@]2(C)C3=C(C[C@@H](O)[C@@]12C)[C@@]1(C)C[C@@H](O)[C@@H](O)C(C)(C)[C@@H]1CC3. The molecule has 6 N–H and O–H groups in total. The summed E-state index contributed by atoms with van der Waals surface area (Å²) in [6.45, 7) is 14.2. The fraction of sp³-hybridized carbons (Fsp3) is 0.933. The molecule has 2 fully saturated rings. The van der Waals surface area contributed by atoms with E-state index in [4.69, 9.17) is 0 Å². The molecule has 0 bridgehead atoms. The van der Waals surface area contributed by atoms with Crippen LogP contribution in [-0.2, 0) is 0 Å². The summed E-state index contributed by atoms with van der Waals surface area (Å²) in [6.07, 6.45) is 2.97. The normalized spacial score (nSPS) is 46.1. The molecule has 2 saturated carbocycles. The molecule has 208 valence electrons. The minimum atomic E-state index is -1.18. The van der Waals surface area contributed by atoms with Crippen molar-refractivity contribution >= 4 is 0 Å². The lowest BCUT2D eigenvalue weighted by Gasteiger charge is -2.63. The second-order valence-electron chi connectivity index (χ2n) is 14.7. The topological polar surface area (TPSA) is 121 Å². The molecule has 0 amide bonds. The van der Waals surface area contributed by atoms with Gasteiger partial charge >= 0.3 is 0 Å². The Bertz CT molecular complexity index is 875. The van der Waals surface area contributed by atoms with Crippen LogP contribution in [0.2, 0.25) is 0 Å². The first-order chi connectivity index (χ1) is 16.5. The van der Waals surface area contributed by atoms with E-state index in [0.717, 1.165) is 25.7 Å². The first-order valence-electron chi connectivity index (χ1n) is 14.2. The van der Waals surface area contributed by atoms with Gasteiger partial charge in [0, 0.05) is 12.0 Å². The summed E-state index contributed by atoms with van der Waals surface area (Å²) in [5, 5.41) is 64.7. The van der Waals surface area contributed by atoms with Gasteiger partial charge in [-0.15, -0.1) is 0 Å². The summed E-state index contributed by atoms with van der Waals surface area (Å²) in [5.41, 5.74) is 0.313. The van der Waals surface area contributed by atoms with Crippen LogP contribution in [0.4, 0.5) is 0 Å². The van der Waals surface area contributed by atoms with Crippen molar-refractivity contribution in [1.82, 2.24) is 0 Å². The summed E-state index contributed by atoms with van der Waals surface area (Å²) in [6, 6.07) is 0. The van der Waals surface area contributed by atoms with Gasteiger partial charge < -0.3 is 30.6 Å². The number of allylic oxidation sites excluding steroid dienone is 1. The zero-order valence-electron chi connectivity index (χ0n) is 23.6. The minimum Gasteiger partial charge on any atom is -0.396 e. The molecule has 0 heterocycles. The molecule has 0 radical (unpaired) electrons. The van der Waals surface area contributed by atoms with Crippen molar-refractivity contribution in [1.29, 1.82) is 0 Å². The molecule has 36 heavy (non-hydrogen) atoms. The van der Waals surface area contributed by atoms with Crippen LogP contribution < -0.4 is 0 Å². The lowest BCUT2D eigenvalue weighted by atomic mass is 9.42. The van der Waals surface area contributed by atoms with Gasteiger partial charge in [0.2, 0.25) is 0 Å². The third-order valence-electron chi connectivity index (χ3n) is 12.3. The van der Waals surface area contributed by atoms with E-state index in [1.165, 1.54) is 11.1 Å². The highest BCUT2D eigenvalue weighted by molar-refractivity contribution is 5.40. The molecule has 6 heteroatoms. The minimum absolute atomic E-state index is 0.00555. The first kappa shape index (κ1) is 28.5. The molecule has 0 saturated heterocycles. The Balaban J connectivity index is 1.69. The largest absolute Gasteiger partial charge is 0.396 e. The number of hydrogen-bond acceptors (Lipinski definition) is 6. The van der Waals surface area contributed by atoms with Crippen molar-refractivity contribution in [2.75, 3.05) is 6.61 Å². The molecule has 0 aromatic rings. The molecule has 6 nitrogen and oxygen atoms in total. The van der Waals surface area contributed by atoms with Crippen LogP contribution in [0.3, 0.4) is 0 Å². The van der Waals surface area contributed by atoms with Crippen molar-refractivity contribution in [3.63, 3.8) is 0 Å². The van der Waals surface area contributed by atoms with Gasteiger partial charge in [-0.2, -0.15) is 0 Å². The van der Waals surface area contributed by atoms with Crippen molar-refractivity contribution in [2.45, 2.75) is 130 Å². The second-order valence-corrected chi connectivity index (χ2v) is 14.7. The highest BCUT2D eigenvalue weighted by Gasteiger charge is 2.67. The predicted octanol–water partition coefficient (Wildman–Crippen LogP) is 3.56. The van der Waals surface area contributed by atoms with E-state index in [9.17, 15) is 30.6 Å². The third kappa shape index (κ3) is 3.88. The standard InChI is InChI=1S/C30H52O6/c1-26(2)22-10-9-19-20(28(22,5)15-21(32)25(26)35)14-24(34)30(7)18(12-13-29(19,30)6)17(16-31)8-11-23(33)27(3,4)36/h17-18,21-25,31-36H,8-16H2,1-7H3/t17-,18-,21+,22-,23+,24+,25+,28+,29-,30+/m0/s1. The van der Waals surface area contributed by atoms with Crippen LogP contribution in [0.25, 0.3) is 0 Å². The molecule has 10 atom stereocenters. The number of hydrogen-bond donors (Lipinski definition) is 6. The fourth-order valence-corrected chi connectivity index (χ4v) is 9.77. The maximum Gasteiger partial charge on any atom is 0.0853 e. The highest BCUT2D eigenvalue weighted by atomic mass is 16.3. The molecule has 0 aromatic carbocycles. The Kier molecular flexibility index (Phi) is 7.15. The number of aliphatic hydroxyl groups is 6. The van der Waals surface area contributed by atoms with Crippen molar-refractivity contribution in [3.8, 4) is 0 Å². The van der Waals surface area contributed by atoms with Crippen LogP contribution in [0.1, 0.15) is 99.8 Å². The Morgan fingerprint density at radius 3 is 2.19 bits per heavy atom. The monoisotopic (exact) mass is 508 g/mol. The zero-order valence-corrected chi connectivity index (χ0v) is 23.6. The molecular weight excluding hydrogens is 456 g/mol. The van der Waals surface area contributed by atoms with Crippen molar-refractivity contribution in [2.24, 2.45) is 39.4 Å². The summed E-state index contributed by atoms with van der Waals surface area (Å²) in [5.74, 6) is 0.308. The van der Waals surface area contributed by atoms with Gasteiger partial charge in [-0.05, 0) is 99.2 Å². The lowest BCUT2D eigenvalue weighted by Crippen LogP contribution is -2.61. The molecule has 4 aliphatic rings. The Labute approximate surface area is 217 Å². The Morgan fingerprint density at radius 2 is 1.61 bits per heavy atom. The summed E-state index contributed by atoms with van der Waals surface area (Å²) in [4.78, 5) is 0. The van der Waals surface area contributed by atoms with Gasteiger partial charge in [-0.3, -0.25) is 0 Å². The number of fused-ring (bicyclic) bond motifs is 4. The zero-order chi connectivity index (χ0) is 27.1. The second kappa shape index (κ2) is 9.02. The Hall–Kier alpha value is -0.500. The molecule has 0 aromatic heterocycles. The lowest BCUT2D eigenvalue weighted by molar-refractivity contribution is -0.163. The maximum atomic E-state index is 11.9. The molecular formula is C30H52O6. The van der Waals surface area contributed by atoms with E-state index in [1.54, 1.807) is 13.8 Å². The summed E-state index contributed by atoms with van der Waals surface area (Å²) in [7, 11) is 0. The molecule has 4 aliphatic carbocycles. The van der Waals surface area contributed by atoms with E-state index >= 15 is 0 Å². The van der Waals surface area contributed by atoms with Gasteiger partial charge in [0.15, 0.2) is 0 Å². The average molecular weight is 509 g/mol. The van der Waals surface area contributed by atoms with Crippen molar-refractivity contribution in [3.05, 3.63) is 11.1 Å². The van der Waals surface area contributed by atoms with Gasteiger partial charge in [-0.1, -0.05) is 45.8 Å². The fourth-order valence-electron chi connectivity index (χ4n) is 9.77. The maximum absolute atomic E-state index is 11.9. The van der Waals surface area contributed by atoms with E-state index in [2.05, 4.69) is 34.6 Å². The number of aliphatic hydroxyl groups excluding tert-OH is 5. The van der Waals surface area contributed by atoms with Crippen LogP contribution in [-0.4, -0.2) is 67.3 Å². The summed E-state index contributed by atoms with van der Waals surface area (Å²) >= 11 is 0. The molecule has 4 rings (SSSR count). The van der Waals surface area contributed by atoms with E-state index in [-0.39, 0.29) is 35.2 Å². The number of rotatable bonds is 6. The molecule has 0 spiro atoms. The van der Waals surface area contributed by atoms with E-state index in [1.807, 2.05) is 0 Å². The van der Waals surface area contributed by atoms with Gasteiger partial charge in [0.1, 0.15) is 0 Å². The van der Waals surface area contributed by atoms with Crippen LogP contribution in [0.5, 0.6) is 0 Å². The first-order valence-corrected chi connectivity index (χ1v) is 14.2. The van der Waals surface area contributed by atoms with Gasteiger partial charge in [-0.25, -0.2) is 0 Å². The average Bonchev–Trinajstić information content (AvgIpc) is 3.06.